The van der Waals surface area contributed by atoms with Gasteiger partial charge >= 0.3 is 8.80 Å². The highest BCUT2D eigenvalue weighted by Crippen LogP contribution is 2.21. The molecule has 0 rings (SSSR count). The quantitative estimate of drug-likeness (QED) is 0.486. The van der Waals surface area contributed by atoms with Gasteiger partial charge in [-0.2, -0.15) is 0 Å². The van der Waals surface area contributed by atoms with Gasteiger partial charge in [0.15, 0.2) is 5.78 Å². The Balaban J connectivity index is 4.72. The van der Waals surface area contributed by atoms with E-state index in [9.17, 15) is 4.79 Å². The van der Waals surface area contributed by atoms with E-state index in [4.69, 9.17) is 13.3 Å². The van der Waals surface area contributed by atoms with Crippen molar-refractivity contribution in [3.63, 3.8) is 0 Å². The normalized spacial score (nSPS) is 12.6. The summed E-state index contributed by atoms with van der Waals surface area (Å²) in [7, 11) is -2.73. The number of hydrogen-bond donors (Lipinski definition) is 0. The molecule has 0 N–H and O–H groups in total. The Morgan fingerprint density at radius 1 is 1.31 bits per heavy atom. The van der Waals surface area contributed by atoms with E-state index >= 15 is 0 Å². The molecule has 0 aliphatic carbocycles. The van der Waals surface area contributed by atoms with Crippen molar-refractivity contribution in [1.29, 1.82) is 0 Å². The van der Waals surface area contributed by atoms with E-state index in [0.717, 1.165) is 0 Å². The fourth-order valence-corrected chi connectivity index (χ4v) is 3.66. The van der Waals surface area contributed by atoms with Crippen molar-refractivity contribution in [3.8, 4) is 0 Å². The minimum absolute atomic E-state index is 0.175. The fraction of sp³-hybridized carbons (Fsp3) is 0.727. The second kappa shape index (κ2) is 6.29. The highest BCUT2D eigenvalue weighted by molar-refractivity contribution is 6.59. The predicted octanol–water partition coefficient (Wildman–Crippen LogP) is 2.18. The molecule has 0 atom stereocenters. The number of hydrogen-bond acceptors (Lipinski definition) is 4. The molecule has 0 bridgehead atoms. The summed E-state index contributed by atoms with van der Waals surface area (Å²) in [5.74, 6) is -0.175. The van der Waals surface area contributed by atoms with Crippen LogP contribution in [0.4, 0.5) is 0 Å². The Bertz CT molecular complexity index is 244. The summed E-state index contributed by atoms with van der Waals surface area (Å²) in [6, 6.07) is 0. The monoisotopic (exact) mass is 246 g/mol. The Morgan fingerprint density at radius 3 is 2.06 bits per heavy atom. The number of rotatable bonds is 8. The first kappa shape index (κ1) is 15.5. The maximum Gasteiger partial charge on any atom is 0.498 e. The maximum absolute atomic E-state index is 11.6. The van der Waals surface area contributed by atoms with Gasteiger partial charge in [0.1, 0.15) is 5.60 Å². The van der Waals surface area contributed by atoms with E-state index < -0.39 is 14.4 Å². The van der Waals surface area contributed by atoms with Gasteiger partial charge in [-0.3, -0.25) is 4.79 Å². The molecule has 94 valence electrons. The van der Waals surface area contributed by atoms with Gasteiger partial charge in [-0.1, -0.05) is 6.58 Å². The first-order chi connectivity index (χ1) is 7.31. The minimum atomic E-state index is -2.73. The smallest absolute Gasteiger partial charge is 0.374 e. The average molecular weight is 246 g/mol. The summed E-state index contributed by atoms with van der Waals surface area (Å²) in [5.41, 5.74) is -0.951. The van der Waals surface area contributed by atoms with Crippen LogP contribution in [0, 0.1) is 0 Å². The second-order valence-corrected chi connectivity index (χ2v) is 6.42. The summed E-state index contributed by atoms with van der Waals surface area (Å²) < 4.78 is 16.7. The molecule has 4 nitrogen and oxygen atoms in total. The van der Waals surface area contributed by atoms with Crippen molar-refractivity contribution in [1.82, 2.24) is 0 Å². The molecule has 0 aliphatic heterocycles. The predicted molar refractivity (Wildman–Crippen MR) is 65.2 cm³/mol. The van der Waals surface area contributed by atoms with Crippen LogP contribution in [0.25, 0.3) is 0 Å². The molecular formula is C11H22O4Si. The van der Waals surface area contributed by atoms with Crippen molar-refractivity contribution in [2.24, 2.45) is 0 Å². The molecule has 0 aromatic heterocycles. The Labute approximate surface area is 99.0 Å². The Kier molecular flexibility index (Phi) is 6.10. The van der Waals surface area contributed by atoms with Crippen molar-refractivity contribution < 1.29 is 18.1 Å². The molecule has 0 radical (unpaired) electrons. The molecule has 0 saturated heterocycles. The summed E-state index contributed by atoms with van der Waals surface area (Å²) in [4.78, 5) is 11.6. The van der Waals surface area contributed by atoms with E-state index in [-0.39, 0.29) is 5.78 Å². The third-order valence-electron chi connectivity index (χ3n) is 2.03. The van der Waals surface area contributed by atoms with Gasteiger partial charge in [-0.25, -0.2) is 0 Å². The summed E-state index contributed by atoms with van der Waals surface area (Å²) in [5, 5.41) is 0. The molecule has 0 aromatic carbocycles. The molecule has 0 spiro atoms. The molecule has 5 heteroatoms. The van der Waals surface area contributed by atoms with Crippen molar-refractivity contribution >= 4 is 14.6 Å². The second-order valence-electron chi connectivity index (χ2n) is 3.91. The zero-order chi connectivity index (χ0) is 12.8. The van der Waals surface area contributed by atoms with Crippen LogP contribution in [-0.4, -0.2) is 33.4 Å². The zero-order valence-corrected chi connectivity index (χ0v) is 11.8. The van der Waals surface area contributed by atoms with E-state index in [2.05, 4.69) is 6.58 Å². The molecule has 16 heavy (non-hydrogen) atoms. The Hall–Kier alpha value is -0.493. The average Bonchev–Trinajstić information content (AvgIpc) is 2.15. The molecule has 0 unspecified atom stereocenters. The topological polar surface area (TPSA) is 44.8 Å². The molecule has 0 aromatic rings. The first-order valence-corrected chi connectivity index (χ1v) is 7.68. The third kappa shape index (κ3) is 4.57. The van der Waals surface area contributed by atoms with Gasteiger partial charge in [-0.05, 0) is 33.8 Å². The van der Waals surface area contributed by atoms with E-state index in [1.165, 1.54) is 6.08 Å². The highest BCUT2D eigenvalue weighted by atomic mass is 28.4. The van der Waals surface area contributed by atoms with Crippen LogP contribution in [0.5, 0.6) is 0 Å². The maximum atomic E-state index is 11.6. The van der Waals surface area contributed by atoms with Gasteiger partial charge in [0.25, 0.3) is 0 Å². The van der Waals surface area contributed by atoms with Crippen LogP contribution in [0.15, 0.2) is 12.7 Å². The number of carbonyl (C=O) groups is 1. The summed E-state index contributed by atoms with van der Waals surface area (Å²) in [6.07, 6.45) is 1.26. The minimum Gasteiger partial charge on any atom is -0.374 e. The van der Waals surface area contributed by atoms with Crippen LogP contribution in [0.3, 0.4) is 0 Å². The summed E-state index contributed by atoms with van der Waals surface area (Å²) >= 11 is 0. The molecule has 0 heterocycles. The van der Waals surface area contributed by atoms with Crippen LogP contribution < -0.4 is 0 Å². The van der Waals surface area contributed by atoms with Crippen LogP contribution >= 0.6 is 0 Å². The Morgan fingerprint density at radius 2 is 1.75 bits per heavy atom. The van der Waals surface area contributed by atoms with Gasteiger partial charge in [0.2, 0.25) is 0 Å². The van der Waals surface area contributed by atoms with Crippen molar-refractivity contribution in [3.05, 3.63) is 12.7 Å². The summed E-state index contributed by atoms with van der Waals surface area (Å²) in [6.45, 7) is 13.4. The van der Waals surface area contributed by atoms with Crippen LogP contribution in [0.1, 0.15) is 27.7 Å². The lowest BCUT2D eigenvalue weighted by molar-refractivity contribution is -0.131. The van der Waals surface area contributed by atoms with Gasteiger partial charge in [0, 0.05) is 19.8 Å². The van der Waals surface area contributed by atoms with E-state index in [1.54, 1.807) is 20.4 Å². The largest absolute Gasteiger partial charge is 0.498 e. The zero-order valence-electron chi connectivity index (χ0n) is 10.8. The van der Waals surface area contributed by atoms with Crippen molar-refractivity contribution in [2.45, 2.75) is 39.8 Å². The number of carbonyl (C=O) groups excluding carboxylic acids is 1. The van der Waals surface area contributed by atoms with Crippen LogP contribution in [0.2, 0.25) is 6.55 Å². The molecule has 0 amide bonds. The molecule has 0 fully saturated rings. The first-order valence-electron chi connectivity index (χ1n) is 5.46. The van der Waals surface area contributed by atoms with Crippen LogP contribution in [-0.2, 0) is 18.1 Å². The van der Waals surface area contributed by atoms with Gasteiger partial charge in [0.05, 0.1) is 0 Å². The standard InChI is InChI=1S/C11H22O4Si/c1-7-10(12)11(4,5)15-16(6,13-8-2)14-9-3/h7H,1,8-9H2,2-6H3. The number of ketones is 1. The lowest BCUT2D eigenvalue weighted by atomic mass is 10.0. The highest BCUT2D eigenvalue weighted by Gasteiger charge is 2.42. The van der Waals surface area contributed by atoms with E-state index in [1.807, 2.05) is 13.8 Å². The van der Waals surface area contributed by atoms with Gasteiger partial charge < -0.3 is 13.3 Å². The SMILES string of the molecule is C=CC(=O)C(C)(C)O[Si](C)(OCC)OCC. The third-order valence-corrected chi connectivity index (χ3v) is 4.54. The van der Waals surface area contributed by atoms with Crippen molar-refractivity contribution in [2.75, 3.05) is 13.2 Å². The van der Waals surface area contributed by atoms with E-state index in [0.29, 0.717) is 13.2 Å². The lowest BCUT2D eigenvalue weighted by Crippen LogP contribution is -2.51. The molecule has 0 aliphatic rings. The lowest BCUT2D eigenvalue weighted by Gasteiger charge is -2.33. The fourth-order valence-electron chi connectivity index (χ4n) is 1.38. The molecule has 0 saturated carbocycles. The van der Waals surface area contributed by atoms with Gasteiger partial charge in [-0.15, -0.1) is 0 Å². The molecular weight excluding hydrogens is 224 g/mol.